The first-order valence-corrected chi connectivity index (χ1v) is 6.32. The molecule has 0 amide bonds. The second-order valence-corrected chi connectivity index (χ2v) is 5.46. The number of rotatable bonds is 2. The Kier molecular flexibility index (Phi) is 3.38. The van der Waals surface area contributed by atoms with E-state index in [0.717, 1.165) is 20.1 Å². The molecule has 0 unspecified atom stereocenters. The molecule has 0 fully saturated rings. The molecule has 0 aliphatic carbocycles. The molecule has 1 aromatic heterocycles. The summed E-state index contributed by atoms with van der Waals surface area (Å²) >= 11 is 10.6. The number of hydrogen-bond acceptors (Lipinski definition) is 2. The lowest BCUT2D eigenvalue weighted by Gasteiger charge is -1.94. The summed E-state index contributed by atoms with van der Waals surface area (Å²) in [4.78, 5) is 4.35. The van der Waals surface area contributed by atoms with Crippen LogP contribution in [-0.4, -0.2) is 4.98 Å². The molecule has 0 aliphatic heterocycles. The van der Waals surface area contributed by atoms with Gasteiger partial charge >= 0.3 is 0 Å². The maximum atomic E-state index is 12.7. The Morgan fingerprint density at radius 2 is 2.00 bits per heavy atom. The quantitative estimate of drug-likeness (QED) is 0.747. The van der Waals surface area contributed by atoms with Crippen LogP contribution in [0.5, 0.6) is 0 Å². The fraction of sp³-hybridized carbons (Fsp3) is 0.100. The van der Waals surface area contributed by atoms with E-state index in [1.165, 1.54) is 23.5 Å². The van der Waals surface area contributed by atoms with Gasteiger partial charge in [-0.15, -0.1) is 22.9 Å². The van der Waals surface area contributed by atoms with Gasteiger partial charge in [-0.25, -0.2) is 9.37 Å². The summed E-state index contributed by atoms with van der Waals surface area (Å²) in [5, 5.41) is 0.845. The third-order valence-corrected chi connectivity index (χ3v) is 4.00. The van der Waals surface area contributed by atoms with Gasteiger partial charge in [0, 0.05) is 5.56 Å². The monoisotopic (exact) mass is 305 g/mol. The molecule has 0 spiro atoms. The summed E-state index contributed by atoms with van der Waals surface area (Å²) in [5.41, 5.74) is 1.72. The topological polar surface area (TPSA) is 12.9 Å². The van der Waals surface area contributed by atoms with Crippen molar-refractivity contribution in [3.05, 3.63) is 39.6 Å². The highest BCUT2D eigenvalue weighted by Gasteiger charge is 2.09. The molecule has 0 aliphatic rings. The van der Waals surface area contributed by atoms with Crippen LogP contribution in [0.3, 0.4) is 0 Å². The zero-order valence-electron chi connectivity index (χ0n) is 7.51. The molecule has 0 atom stereocenters. The predicted molar refractivity (Wildman–Crippen MR) is 64.8 cm³/mol. The summed E-state index contributed by atoms with van der Waals surface area (Å²) in [6.45, 7) is 0. The molecule has 1 aromatic carbocycles. The number of nitrogens with zero attached hydrogens (tertiary/aromatic N) is 1. The minimum absolute atomic E-state index is 0.244. The number of thiazole rings is 1. The second kappa shape index (κ2) is 4.60. The fourth-order valence-corrected chi connectivity index (χ4v) is 3.07. The first kappa shape index (κ1) is 11.0. The van der Waals surface area contributed by atoms with Crippen LogP contribution in [0, 0.1) is 5.82 Å². The smallest absolute Gasteiger partial charge is 0.124 e. The number of hydrogen-bond donors (Lipinski definition) is 0. The van der Waals surface area contributed by atoms with Crippen LogP contribution in [0.1, 0.15) is 5.69 Å². The van der Waals surface area contributed by atoms with Gasteiger partial charge in [-0.05, 0) is 40.2 Å². The molecule has 0 bridgehead atoms. The van der Waals surface area contributed by atoms with Gasteiger partial charge < -0.3 is 0 Å². The van der Waals surface area contributed by atoms with Crippen LogP contribution in [-0.2, 0) is 5.88 Å². The van der Waals surface area contributed by atoms with Crippen LogP contribution in [0.4, 0.5) is 4.39 Å². The van der Waals surface area contributed by atoms with Gasteiger partial charge in [0.15, 0.2) is 0 Å². The van der Waals surface area contributed by atoms with Crippen molar-refractivity contribution in [2.24, 2.45) is 0 Å². The summed E-state index contributed by atoms with van der Waals surface area (Å²) < 4.78 is 13.6. The Morgan fingerprint density at radius 3 is 2.53 bits per heavy atom. The third-order valence-electron chi connectivity index (χ3n) is 1.87. The Labute approximate surface area is 104 Å². The zero-order chi connectivity index (χ0) is 10.8. The van der Waals surface area contributed by atoms with Crippen molar-refractivity contribution in [3.63, 3.8) is 0 Å². The lowest BCUT2D eigenvalue weighted by atomic mass is 10.2. The molecule has 1 nitrogen and oxygen atoms in total. The molecule has 5 heteroatoms. The Morgan fingerprint density at radius 1 is 1.33 bits per heavy atom. The van der Waals surface area contributed by atoms with E-state index >= 15 is 0 Å². The van der Waals surface area contributed by atoms with Gasteiger partial charge in [-0.2, -0.15) is 0 Å². The molecule has 2 aromatic rings. The molecule has 78 valence electrons. The van der Waals surface area contributed by atoms with Crippen LogP contribution >= 0.6 is 38.9 Å². The molecular formula is C10H6BrClFNS. The summed E-state index contributed by atoms with van der Waals surface area (Å²) in [6, 6.07) is 6.26. The Balaban J connectivity index is 2.41. The maximum Gasteiger partial charge on any atom is 0.124 e. The van der Waals surface area contributed by atoms with E-state index in [2.05, 4.69) is 20.9 Å². The molecule has 2 rings (SSSR count). The normalized spacial score (nSPS) is 10.6. The van der Waals surface area contributed by atoms with Crippen molar-refractivity contribution < 1.29 is 4.39 Å². The highest BCUT2D eigenvalue weighted by atomic mass is 79.9. The fourth-order valence-electron chi connectivity index (χ4n) is 1.13. The van der Waals surface area contributed by atoms with Crippen LogP contribution in [0.15, 0.2) is 28.1 Å². The minimum atomic E-state index is -0.244. The molecular weight excluding hydrogens is 301 g/mol. The standard InChI is InChI=1S/C10H6BrClFNS/c11-9-8(5-12)14-10(15-9)6-1-3-7(13)4-2-6/h1-4H,5H2. The van der Waals surface area contributed by atoms with Crippen molar-refractivity contribution in [1.29, 1.82) is 0 Å². The van der Waals surface area contributed by atoms with Crippen LogP contribution in [0.2, 0.25) is 0 Å². The Bertz CT molecular complexity index is 469. The van der Waals surface area contributed by atoms with Gasteiger partial charge in [-0.1, -0.05) is 0 Å². The van der Waals surface area contributed by atoms with Crippen molar-refractivity contribution in [2.75, 3.05) is 0 Å². The van der Waals surface area contributed by atoms with E-state index in [1.54, 1.807) is 12.1 Å². The molecule has 0 N–H and O–H groups in total. The highest BCUT2D eigenvalue weighted by molar-refractivity contribution is 9.11. The van der Waals surface area contributed by atoms with Gasteiger partial charge in [0.2, 0.25) is 0 Å². The first-order valence-electron chi connectivity index (χ1n) is 4.18. The summed E-state index contributed by atoms with van der Waals surface area (Å²) in [5.74, 6) is 0.130. The number of alkyl halides is 1. The van der Waals surface area contributed by atoms with Crippen molar-refractivity contribution in [2.45, 2.75) is 5.88 Å². The van der Waals surface area contributed by atoms with Crippen molar-refractivity contribution >= 4 is 38.9 Å². The predicted octanol–water partition coefficient (Wildman–Crippen LogP) is 4.45. The molecule has 0 saturated carbocycles. The maximum absolute atomic E-state index is 12.7. The average molecular weight is 307 g/mol. The number of halogens is 3. The van der Waals surface area contributed by atoms with Crippen molar-refractivity contribution in [1.82, 2.24) is 4.98 Å². The van der Waals surface area contributed by atoms with E-state index in [4.69, 9.17) is 11.6 Å². The van der Waals surface area contributed by atoms with E-state index in [1.807, 2.05) is 0 Å². The summed E-state index contributed by atoms with van der Waals surface area (Å²) in [7, 11) is 0. The third kappa shape index (κ3) is 2.38. The molecule has 0 saturated heterocycles. The van der Waals surface area contributed by atoms with Gasteiger partial charge in [0.25, 0.3) is 0 Å². The molecule has 15 heavy (non-hydrogen) atoms. The lowest BCUT2D eigenvalue weighted by Crippen LogP contribution is -1.80. The minimum Gasteiger partial charge on any atom is -0.239 e. The molecule has 0 radical (unpaired) electrons. The largest absolute Gasteiger partial charge is 0.239 e. The number of aromatic nitrogens is 1. The first-order chi connectivity index (χ1) is 7.20. The second-order valence-electron chi connectivity index (χ2n) is 2.88. The van der Waals surface area contributed by atoms with E-state index < -0.39 is 0 Å². The van der Waals surface area contributed by atoms with Gasteiger partial charge in [0.05, 0.1) is 15.4 Å². The Hall–Kier alpha value is -0.450. The highest BCUT2D eigenvalue weighted by Crippen LogP contribution is 2.32. The zero-order valence-corrected chi connectivity index (χ0v) is 10.7. The average Bonchev–Trinajstić information content (AvgIpc) is 2.61. The van der Waals surface area contributed by atoms with E-state index in [9.17, 15) is 4.39 Å². The van der Waals surface area contributed by atoms with Crippen LogP contribution in [0.25, 0.3) is 10.6 Å². The SMILES string of the molecule is Fc1ccc(-c2nc(CCl)c(Br)s2)cc1. The number of benzene rings is 1. The van der Waals surface area contributed by atoms with E-state index in [-0.39, 0.29) is 5.82 Å². The van der Waals surface area contributed by atoms with Gasteiger partial charge in [-0.3, -0.25) is 0 Å². The lowest BCUT2D eigenvalue weighted by molar-refractivity contribution is 0.628. The molecule has 1 heterocycles. The van der Waals surface area contributed by atoms with Gasteiger partial charge in [0.1, 0.15) is 10.8 Å². The summed E-state index contributed by atoms with van der Waals surface area (Å²) in [6.07, 6.45) is 0. The van der Waals surface area contributed by atoms with Crippen LogP contribution < -0.4 is 0 Å². The van der Waals surface area contributed by atoms with E-state index in [0.29, 0.717) is 5.88 Å². The van der Waals surface area contributed by atoms with Crippen molar-refractivity contribution in [3.8, 4) is 10.6 Å².